The topological polar surface area (TPSA) is 15.3 Å². The summed E-state index contributed by atoms with van der Waals surface area (Å²) in [4.78, 5) is 2.71. The summed E-state index contributed by atoms with van der Waals surface area (Å²) in [6, 6.07) is 0.812. The van der Waals surface area contributed by atoms with Crippen molar-refractivity contribution in [2.45, 2.75) is 58.0 Å². The van der Waals surface area contributed by atoms with Gasteiger partial charge in [-0.3, -0.25) is 4.90 Å². The summed E-state index contributed by atoms with van der Waals surface area (Å²) in [6.45, 7) is 10.7. The number of hydrogen-bond donors (Lipinski definition) is 1. The molecule has 1 saturated carbocycles. The van der Waals surface area contributed by atoms with Gasteiger partial charge in [0.2, 0.25) is 0 Å². The number of nitrogens with one attached hydrogen (secondary N) is 1. The predicted molar refractivity (Wildman–Crippen MR) is 65.1 cm³/mol. The maximum Gasteiger partial charge on any atom is 0.0278 e. The smallest absolute Gasteiger partial charge is 0.0278 e. The monoisotopic (exact) mass is 210 g/mol. The molecule has 0 aromatic rings. The molecular formula is C13H26N2. The molecule has 0 aromatic heterocycles. The van der Waals surface area contributed by atoms with Gasteiger partial charge in [-0.15, -0.1) is 0 Å². The Labute approximate surface area is 94.4 Å². The highest BCUT2D eigenvalue weighted by Gasteiger charge is 2.34. The molecule has 0 aromatic carbocycles. The first kappa shape index (κ1) is 11.4. The fourth-order valence-electron chi connectivity index (χ4n) is 2.89. The lowest BCUT2D eigenvalue weighted by atomic mass is 9.79. The lowest BCUT2D eigenvalue weighted by Gasteiger charge is -2.47. The van der Waals surface area contributed by atoms with Crippen LogP contribution in [0.5, 0.6) is 0 Å². The summed E-state index contributed by atoms with van der Waals surface area (Å²) in [6.07, 6.45) is 5.63. The van der Waals surface area contributed by atoms with Crippen molar-refractivity contribution in [2.24, 2.45) is 5.92 Å². The van der Waals surface area contributed by atoms with Crippen LogP contribution in [-0.2, 0) is 0 Å². The molecule has 2 atom stereocenters. The molecule has 0 amide bonds. The first-order valence-electron chi connectivity index (χ1n) is 6.64. The Kier molecular flexibility index (Phi) is 3.36. The maximum atomic E-state index is 3.66. The van der Waals surface area contributed by atoms with Crippen LogP contribution in [0.25, 0.3) is 0 Å². The Bertz CT molecular complexity index is 213. The summed E-state index contributed by atoms with van der Waals surface area (Å²) in [7, 11) is 0. The molecule has 2 aliphatic rings. The molecule has 0 spiro atoms. The van der Waals surface area contributed by atoms with Crippen molar-refractivity contribution in [2.75, 3.05) is 19.6 Å². The largest absolute Gasteiger partial charge is 0.309 e. The zero-order valence-corrected chi connectivity index (χ0v) is 10.6. The van der Waals surface area contributed by atoms with Gasteiger partial charge >= 0.3 is 0 Å². The van der Waals surface area contributed by atoms with E-state index in [0.29, 0.717) is 5.54 Å². The average Bonchev–Trinajstić information content (AvgIpc) is 2.15. The number of hydrogen-bond acceptors (Lipinski definition) is 2. The highest BCUT2D eigenvalue weighted by atomic mass is 15.2. The highest BCUT2D eigenvalue weighted by Crippen LogP contribution is 2.33. The molecule has 88 valence electrons. The van der Waals surface area contributed by atoms with E-state index in [-0.39, 0.29) is 0 Å². The van der Waals surface area contributed by atoms with Gasteiger partial charge in [0.05, 0.1) is 0 Å². The molecule has 1 aliphatic carbocycles. The summed E-state index contributed by atoms with van der Waals surface area (Å²) < 4.78 is 0. The molecule has 1 heterocycles. The second-order valence-corrected chi connectivity index (χ2v) is 5.74. The molecule has 2 rings (SSSR count). The lowest BCUT2D eigenvalue weighted by Crippen LogP contribution is -2.61. The van der Waals surface area contributed by atoms with Crippen LogP contribution in [0.15, 0.2) is 0 Å². The minimum atomic E-state index is 0.357. The zero-order valence-electron chi connectivity index (χ0n) is 10.6. The third kappa shape index (κ3) is 2.36. The van der Waals surface area contributed by atoms with Crippen LogP contribution in [0.2, 0.25) is 0 Å². The van der Waals surface area contributed by atoms with Crippen molar-refractivity contribution in [1.82, 2.24) is 10.2 Å². The molecule has 2 nitrogen and oxygen atoms in total. The van der Waals surface area contributed by atoms with E-state index in [4.69, 9.17) is 0 Å². The van der Waals surface area contributed by atoms with Gasteiger partial charge in [0.1, 0.15) is 0 Å². The van der Waals surface area contributed by atoms with Gasteiger partial charge in [0.25, 0.3) is 0 Å². The lowest BCUT2D eigenvalue weighted by molar-refractivity contribution is 0.0533. The Morgan fingerprint density at radius 3 is 2.73 bits per heavy atom. The van der Waals surface area contributed by atoms with Gasteiger partial charge in [0, 0.05) is 31.2 Å². The van der Waals surface area contributed by atoms with E-state index in [1.807, 2.05) is 0 Å². The van der Waals surface area contributed by atoms with Crippen LogP contribution >= 0.6 is 0 Å². The van der Waals surface area contributed by atoms with E-state index < -0.39 is 0 Å². The van der Waals surface area contributed by atoms with Crippen molar-refractivity contribution in [3.8, 4) is 0 Å². The number of nitrogens with zero attached hydrogens (tertiary/aromatic N) is 1. The van der Waals surface area contributed by atoms with Crippen molar-refractivity contribution >= 4 is 0 Å². The van der Waals surface area contributed by atoms with Gasteiger partial charge in [0.15, 0.2) is 0 Å². The molecule has 2 unspecified atom stereocenters. The maximum absolute atomic E-state index is 3.66. The second-order valence-electron chi connectivity index (χ2n) is 5.74. The molecule has 15 heavy (non-hydrogen) atoms. The first-order chi connectivity index (χ1) is 7.14. The SMILES string of the molecule is CCC1(C)CN(C(C)C2CCC2)CCN1. The van der Waals surface area contributed by atoms with E-state index in [2.05, 4.69) is 31.0 Å². The van der Waals surface area contributed by atoms with Gasteiger partial charge in [-0.25, -0.2) is 0 Å². The van der Waals surface area contributed by atoms with Crippen molar-refractivity contribution in [3.63, 3.8) is 0 Å². The molecule has 1 aliphatic heterocycles. The number of piperazine rings is 1. The normalized spacial score (nSPS) is 36.2. The predicted octanol–water partition coefficient (Wildman–Crippen LogP) is 2.25. The molecule has 1 saturated heterocycles. The van der Waals surface area contributed by atoms with Crippen molar-refractivity contribution in [1.29, 1.82) is 0 Å². The molecule has 0 radical (unpaired) electrons. The summed E-state index contributed by atoms with van der Waals surface area (Å²) in [5.74, 6) is 0.990. The molecule has 1 N–H and O–H groups in total. The van der Waals surface area contributed by atoms with Crippen LogP contribution in [0, 0.1) is 5.92 Å². The first-order valence-corrected chi connectivity index (χ1v) is 6.64. The molecule has 2 fully saturated rings. The van der Waals surface area contributed by atoms with Gasteiger partial charge < -0.3 is 5.32 Å². The third-order valence-electron chi connectivity index (χ3n) is 4.69. The third-order valence-corrected chi connectivity index (χ3v) is 4.69. The molecule has 0 bridgehead atoms. The zero-order chi connectivity index (χ0) is 10.9. The standard InChI is InChI=1S/C13H26N2/c1-4-13(3)10-15(9-8-14-13)11(2)12-6-5-7-12/h11-12,14H,4-10H2,1-3H3. The average molecular weight is 210 g/mol. The van der Waals surface area contributed by atoms with E-state index in [9.17, 15) is 0 Å². The number of rotatable bonds is 3. The fraction of sp³-hybridized carbons (Fsp3) is 1.00. The van der Waals surface area contributed by atoms with Crippen molar-refractivity contribution < 1.29 is 0 Å². The van der Waals surface area contributed by atoms with Crippen LogP contribution in [0.1, 0.15) is 46.5 Å². The minimum absolute atomic E-state index is 0.357. The minimum Gasteiger partial charge on any atom is -0.309 e. The second kappa shape index (κ2) is 4.42. The summed E-state index contributed by atoms with van der Waals surface area (Å²) >= 11 is 0. The van der Waals surface area contributed by atoms with Gasteiger partial charge in [-0.05, 0) is 39.0 Å². The van der Waals surface area contributed by atoms with E-state index in [1.165, 1.54) is 45.3 Å². The molecule has 2 heteroatoms. The summed E-state index contributed by atoms with van der Waals surface area (Å²) in [5, 5.41) is 3.66. The van der Waals surface area contributed by atoms with Crippen molar-refractivity contribution in [3.05, 3.63) is 0 Å². The van der Waals surface area contributed by atoms with Crippen LogP contribution < -0.4 is 5.32 Å². The quantitative estimate of drug-likeness (QED) is 0.768. The highest BCUT2D eigenvalue weighted by molar-refractivity contribution is 4.93. The van der Waals surface area contributed by atoms with Gasteiger partial charge in [-0.1, -0.05) is 13.3 Å². The van der Waals surface area contributed by atoms with Crippen LogP contribution in [0.4, 0.5) is 0 Å². The summed E-state index contributed by atoms with van der Waals surface area (Å²) in [5.41, 5.74) is 0.357. The fourth-order valence-corrected chi connectivity index (χ4v) is 2.89. The van der Waals surface area contributed by atoms with Gasteiger partial charge in [-0.2, -0.15) is 0 Å². The Morgan fingerprint density at radius 2 is 2.20 bits per heavy atom. The van der Waals surface area contributed by atoms with Crippen LogP contribution in [0.3, 0.4) is 0 Å². The Balaban J connectivity index is 1.91. The Morgan fingerprint density at radius 1 is 1.47 bits per heavy atom. The Hall–Kier alpha value is -0.0800. The van der Waals surface area contributed by atoms with E-state index in [0.717, 1.165) is 12.0 Å². The van der Waals surface area contributed by atoms with E-state index in [1.54, 1.807) is 0 Å². The molecular weight excluding hydrogens is 184 g/mol. The van der Waals surface area contributed by atoms with E-state index >= 15 is 0 Å². The van der Waals surface area contributed by atoms with Crippen LogP contribution in [-0.4, -0.2) is 36.1 Å².